The van der Waals surface area contributed by atoms with Crippen molar-refractivity contribution in [1.82, 2.24) is 19.7 Å². The third-order valence-electron chi connectivity index (χ3n) is 4.23. The van der Waals surface area contributed by atoms with Gasteiger partial charge in [0.2, 0.25) is 5.95 Å². The number of hydrogen-bond donors (Lipinski definition) is 1. The van der Waals surface area contributed by atoms with Gasteiger partial charge in [-0.15, -0.1) is 5.10 Å². The number of rotatable bonds is 7. The Kier molecular flexibility index (Phi) is 6.01. The third kappa shape index (κ3) is 4.82. The summed E-state index contributed by atoms with van der Waals surface area (Å²) >= 11 is 5.88. The summed E-state index contributed by atoms with van der Waals surface area (Å²) in [6.07, 6.45) is 3.31. The predicted octanol–water partition coefficient (Wildman–Crippen LogP) is 4.32. The Labute approximate surface area is 178 Å². The lowest BCUT2D eigenvalue weighted by atomic mass is 10.2. The van der Waals surface area contributed by atoms with Crippen LogP contribution < -0.4 is 10.1 Å². The fourth-order valence-electron chi connectivity index (χ4n) is 2.73. The third-order valence-corrected chi connectivity index (χ3v) is 4.48. The molecule has 2 heterocycles. The van der Waals surface area contributed by atoms with Crippen molar-refractivity contribution >= 4 is 23.5 Å². The lowest BCUT2D eigenvalue weighted by Gasteiger charge is -2.08. The molecule has 2 aromatic carbocycles. The van der Waals surface area contributed by atoms with E-state index in [0.29, 0.717) is 34.7 Å². The molecule has 0 atom stereocenters. The Balaban J connectivity index is 1.55. The largest absolute Gasteiger partial charge is 0.484 e. The Bertz CT molecular complexity index is 1120. The molecule has 0 spiro atoms. The Morgan fingerprint density at radius 2 is 1.83 bits per heavy atom. The maximum Gasteiger partial charge on any atom is 0.287 e. The van der Waals surface area contributed by atoms with E-state index in [1.165, 1.54) is 4.68 Å². The first-order chi connectivity index (χ1) is 14.7. The molecule has 0 fully saturated rings. The molecule has 30 heavy (non-hydrogen) atoms. The summed E-state index contributed by atoms with van der Waals surface area (Å²) in [5.41, 5.74) is 1.77. The highest BCUT2D eigenvalue weighted by molar-refractivity contribution is 6.30. The smallest absolute Gasteiger partial charge is 0.287 e. The van der Waals surface area contributed by atoms with Crippen LogP contribution in [0.25, 0.3) is 11.4 Å². The minimum absolute atomic E-state index is 0.197. The first-order valence-corrected chi connectivity index (χ1v) is 9.64. The average molecular weight is 420 g/mol. The lowest BCUT2D eigenvalue weighted by molar-refractivity contribution is 0.0824. The number of aromatic nitrogens is 4. The number of pyridine rings is 1. The molecule has 0 unspecified atom stereocenters. The van der Waals surface area contributed by atoms with Gasteiger partial charge >= 0.3 is 0 Å². The van der Waals surface area contributed by atoms with Gasteiger partial charge in [-0.05, 0) is 42.0 Å². The van der Waals surface area contributed by atoms with Crippen molar-refractivity contribution in [2.24, 2.45) is 0 Å². The molecule has 0 aliphatic heterocycles. The van der Waals surface area contributed by atoms with Gasteiger partial charge in [-0.1, -0.05) is 41.9 Å². The number of carbonyl (C=O) groups is 1. The molecular weight excluding hydrogens is 402 g/mol. The van der Waals surface area contributed by atoms with E-state index >= 15 is 0 Å². The zero-order valence-electron chi connectivity index (χ0n) is 15.9. The van der Waals surface area contributed by atoms with E-state index in [4.69, 9.17) is 16.3 Å². The van der Waals surface area contributed by atoms with Crippen LogP contribution in [-0.2, 0) is 6.54 Å². The summed E-state index contributed by atoms with van der Waals surface area (Å²) in [6.45, 7) is 0.300. The van der Waals surface area contributed by atoms with Gasteiger partial charge in [0.25, 0.3) is 5.91 Å². The Morgan fingerprint density at radius 1 is 1.03 bits per heavy atom. The maximum atomic E-state index is 12.8. The zero-order chi connectivity index (χ0) is 20.8. The number of halogens is 1. The van der Waals surface area contributed by atoms with Crippen LogP contribution in [0.4, 0.5) is 5.95 Å². The van der Waals surface area contributed by atoms with Gasteiger partial charge in [0, 0.05) is 29.5 Å². The van der Waals surface area contributed by atoms with Gasteiger partial charge in [0.05, 0.1) is 0 Å². The molecule has 4 rings (SSSR count). The normalized spacial score (nSPS) is 10.6. The minimum atomic E-state index is -0.358. The monoisotopic (exact) mass is 419 g/mol. The first-order valence-electron chi connectivity index (χ1n) is 9.26. The molecule has 0 amide bonds. The molecule has 0 saturated carbocycles. The highest BCUT2D eigenvalue weighted by atomic mass is 35.5. The number of hydrogen-bond acceptors (Lipinski definition) is 6. The van der Waals surface area contributed by atoms with E-state index in [0.717, 1.165) is 5.56 Å². The molecule has 0 aliphatic carbocycles. The van der Waals surface area contributed by atoms with Crippen molar-refractivity contribution in [2.75, 3.05) is 11.9 Å². The zero-order valence-corrected chi connectivity index (χ0v) is 16.7. The van der Waals surface area contributed by atoms with Crippen LogP contribution in [0.1, 0.15) is 10.4 Å². The standard InChI is InChI=1S/C22H18ClN5O2/c23-18-8-10-19(11-9-18)30-15-20(29)28-22(25-13-16-5-2-1-3-6-16)26-21(27-28)17-7-4-12-24-14-17/h1-12,14H,13,15H2,(H,25,26,27). The molecule has 0 aliphatic rings. The van der Waals surface area contributed by atoms with Gasteiger partial charge in [-0.3, -0.25) is 9.78 Å². The molecule has 8 heteroatoms. The van der Waals surface area contributed by atoms with Crippen molar-refractivity contribution in [2.45, 2.75) is 6.54 Å². The van der Waals surface area contributed by atoms with Crippen molar-refractivity contribution in [3.63, 3.8) is 0 Å². The average Bonchev–Trinajstić information content (AvgIpc) is 3.23. The first kappa shape index (κ1) is 19.6. The quantitative estimate of drug-likeness (QED) is 0.480. The summed E-state index contributed by atoms with van der Waals surface area (Å²) < 4.78 is 6.80. The summed E-state index contributed by atoms with van der Waals surface area (Å²) in [5, 5.41) is 8.15. The molecule has 0 radical (unpaired) electrons. The molecular formula is C22H18ClN5O2. The van der Waals surface area contributed by atoms with Crippen molar-refractivity contribution in [3.8, 4) is 17.1 Å². The van der Waals surface area contributed by atoms with Crippen LogP contribution in [0.2, 0.25) is 5.02 Å². The molecule has 0 saturated heterocycles. The number of benzene rings is 2. The summed E-state index contributed by atoms with van der Waals surface area (Å²) in [6, 6.07) is 20.3. The second-order valence-electron chi connectivity index (χ2n) is 6.39. The minimum Gasteiger partial charge on any atom is -0.484 e. The second-order valence-corrected chi connectivity index (χ2v) is 6.82. The van der Waals surface area contributed by atoms with Gasteiger partial charge < -0.3 is 10.1 Å². The van der Waals surface area contributed by atoms with E-state index in [9.17, 15) is 4.79 Å². The maximum absolute atomic E-state index is 12.8. The van der Waals surface area contributed by atoms with Crippen LogP contribution in [0.15, 0.2) is 79.1 Å². The van der Waals surface area contributed by atoms with Gasteiger partial charge in [-0.25, -0.2) is 0 Å². The van der Waals surface area contributed by atoms with Gasteiger partial charge in [0.1, 0.15) is 5.75 Å². The number of carbonyl (C=O) groups excluding carboxylic acids is 1. The van der Waals surface area contributed by atoms with Crippen LogP contribution in [0.3, 0.4) is 0 Å². The highest BCUT2D eigenvalue weighted by Crippen LogP contribution is 2.19. The Morgan fingerprint density at radius 3 is 2.57 bits per heavy atom. The summed E-state index contributed by atoms with van der Waals surface area (Å²) in [4.78, 5) is 21.4. The van der Waals surface area contributed by atoms with E-state index in [1.807, 2.05) is 36.4 Å². The van der Waals surface area contributed by atoms with Crippen LogP contribution in [-0.4, -0.2) is 32.3 Å². The van der Waals surface area contributed by atoms with Crippen LogP contribution in [0.5, 0.6) is 5.75 Å². The second kappa shape index (κ2) is 9.19. The molecule has 0 bridgehead atoms. The highest BCUT2D eigenvalue weighted by Gasteiger charge is 2.18. The Hall–Kier alpha value is -3.71. The van der Waals surface area contributed by atoms with Crippen LogP contribution in [0, 0.1) is 0 Å². The molecule has 7 nitrogen and oxygen atoms in total. The summed E-state index contributed by atoms with van der Waals surface area (Å²) in [5.74, 6) is 0.920. The molecule has 1 N–H and O–H groups in total. The summed E-state index contributed by atoms with van der Waals surface area (Å²) in [7, 11) is 0. The fraction of sp³-hybridized carbons (Fsp3) is 0.0909. The van der Waals surface area contributed by atoms with E-state index in [1.54, 1.807) is 42.7 Å². The van der Waals surface area contributed by atoms with E-state index < -0.39 is 0 Å². The molecule has 150 valence electrons. The van der Waals surface area contributed by atoms with Gasteiger partial charge in [-0.2, -0.15) is 9.67 Å². The van der Waals surface area contributed by atoms with Crippen molar-refractivity contribution in [3.05, 3.63) is 89.7 Å². The number of anilines is 1. The lowest BCUT2D eigenvalue weighted by Crippen LogP contribution is -2.22. The van der Waals surface area contributed by atoms with E-state index in [2.05, 4.69) is 20.4 Å². The molecule has 4 aromatic rings. The topological polar surface area (TPSA) is 81.9 Å². The fourth-order valence-corrected chi connectivity index (χ4v) is 2.86. The van der Waals surface area contributed by atoms with Crippen LogP contribution >= 0.6 is 11.6 Å². The van der Waals surface area contributed by atoms with E-state index in [-0.39, 0.29) is 12.5 Å². The SMILES string of the molecule is O=C(COc1ccc(Cl)cc1)n1nc(-c2cccnc2)nc1NCc1ccccc1. The predicted molar refractivity (Wildman–Crippen MR) is 115 cm³/mol. The van der Waals surface area contributed by atoms with Gasteiger partial charge in [0.15, 0.2) is 12.4 Å². The van der Waals surface area contributed by atoms with Crippen molar-refractivity contribution < 1.29 is 9.53 Å². The van der Waals surface area contributed by atoms with Crippen molar-refractivity contribution in [1.29, 1.82) is 0 Å². The molecule has 2 aromatic heterocycles. The number of nitrogens with zero attached hydrogens (tertiary/aromatic N) is 4. The number of nitrogens with one attached hydrogen (secondary N) is 1. The number of ether oxygens (including phenoxy) is 1.